The Labute approximate surface area is 99.2 Å². The van der Waals surface area contributed by atoms with Crippen LogP contribution in [0.2, 0.25) is 0 Å². The van der Waals surface area contributed by atoms with Gasteiger partial charge in [0.25, 0.3) is 0 Å². The number of carboxylic acids is 1. The minimum absolute atomic E-state index is 0.0885. The molecule has 16 heavy (non-hydrogen) atoms. The van der Waals surface area contributed by atoms with Crippen molar-refractivity contribution in [3.63, 3.8) is 0 Å². The summed E-state index contributed by atoms with van der Waals surface area (Å²) in [6.07, 6.45) is 2.33. The zero-order valence-corrected chi connectivity index (χ0v) is 11.5. The lowest BCUT2D eigenvalue weighted by atomic mass is 9.84. The Balaban J connectivity index is 0. The highest BCUT2D eigenvalue weighted by Gasteiger charge is 2.22. The van der Waals surface area contributed by atoms with Crippen LogP contribution >= 0.6 is 0 Å². The molecule has 1 unspecified atom stereocenters. The number of Topliss-reactive ketones (excluding diaryl/α,β-unsaturated/α-hetero) is 1. The quantitative estimate of drug-likeness (QED) is 0.786. The molecule has 0 aliphatic rings. The van der Waals surface area contributed by atoms with Crippen LogP contribution in [0.4, 0.5) is 0 Å². The van der Waals surface area contributed by atoms with E-state index < -0.39 is 5.97 Å². The average Bonchev–Trinajstić information content (AvgIpc) is 2.27. The van der Waals surface area contributed by atoms with Gasteiger partial charge in [0.05, 0.1) is 5.92 Å². The van der Waals surface area contributed by atoms with E-state index in [2.05, 4.69) is 0 Å². The van der Waals surface area contributed by atoms with Crippen molar-refractivity contribution in [2.24, 2.45) is 11.3 Å². The molecule has 3 nitrogen and oxygen atoms in total. The molecule has 1 atom stereocenters. The first-order valence-electron chi connectivity index (χ1n) is 5.98. The van der Waals surface area contributed by atoms with Crippen molar-refractivity contribution >= 4 is 11.8 Å². The van der Waals surface area contributed by atoms with Gasteiger partial charge in [-0.3, -0.25) is 9.59 Å². The van der Waals surface area contributed by atoms with Gasteiger partial charge in [-0.2, -0.15) is 0 Å². The van der Waals surface area contributed by atoms with Crippen LogP contribution in [0.3, 0.4) is 0 Å². The third kappa shape index (κ3) is 7.43. The van der Waals surface area contributed by atoms with Crippen LogP contribution in [0.25, 0.3) is 0 Å². The lowest BCUT2D eigenvalue weighted by molar-refractivity contribution is -0.141. The molecule has 0 aliphatic carbocycles. The summed E-state index contributed by atoms with van der Waals surface area (Å²) in [6, 6.07) is 0. The molecule has 1 N–H and O–H groups in total. The Morgan fingerprint density at radius 1 is 1.19 bits per heavy atom. The number of rotatable bonds is 5. The van der Waals surface area contributed by atoms with E-state index in [0.717, 1.165) is 12.8 Å². The fourth-order valence-corrected chi connectivity index (χ4v) is 0.850. The smallest absolute Gasteiger partial charge is 0.306 e. The van der Waals surface area contributed by atoms with Gasteiger partial charge < -0.3 is 5.11 Å². The minimum atomic E-state index is -0.706. The van der Waals surface area contributed by atoms with E-state index in [1.54, 1.807) is 6.92 Å². The highest BCUT2D eigenvalue weighted by atomic mass is 16.4. The maximum atomic E-state index is 11.1. The Hall–Kier alpha value is -0.860. The molecule has 0 heterocycles. The predicted molar refractivity (Wildman–Crippen MR) is 66.5 cm³/mol. The molecule has 96 valence electrons. The topological polar surface area (TPSA) is 54.4 Å². The fourth-order valence-electron chi connectivity index (χ4n) is 0.850. The van der Waals surface area contributed by atoms with Crippen molar-refractivity contribution in [1.82, 2.24) is 0 Å². The van der Waals surface area contributed by atoms with E-state index in [4.69, 9.17) is 5.11 Å². The van der Waals surface area contributed by atoms with E-state index in [0.29, 0.717) is 12.2 Å². The standard InChI is InChI=1S/C8H16O.C5H10O2/c1-5-7(9)8(3,4)6-2;1-3-4(2)5(6)7/h5-6H2,1-4H3;4H,3H2,1-2H3,(H,6,7). The summed E-state index contributed by atoms with van der Waals surface area (Å²) < 4.78 is 0. The van der Waals surface area contributed by atoms with Gasteiger partial charge in [-0.05, 0) is 12.8 Å². The van der Waals surface area contributed by atoms with Gasteiger partial charge in [-0.25, -0.2) is 0 Å². The van der Waals surface area contributed by atoms with E-state index in [1.165, 1.54) is 0 Å². The highest BCUT2D eigenvalue weighted by Crippen LogP contribution is 2.21. The Morgan fingerprint density at radius 3 is 1.69 bits per heavy atom. The normalized spacial score (nSPS) is 12.4. The fraction of sp³-hybridized carbons (Fsp3) is 0.846. The van der Waals surface area contributed by atoms with Crippen molar-refractivity contribution < 1.29 is 14.7 Å². The first kappa shape index (κ1) is 17.5. The molecule has 0 amide bonds. The van der Waals surface area contributed by atoms with E-state index >= 15 is 0 Å². The molecule has 0 aliphatic heterocycles. The van der Waals surface area contributed by atoms with Crippen molar-refractivity contribution in [2.45, 2.75) is 60.8 Å². The Morgan fingerprint density at radius 2 is 1.62 bits per heavy atom. The number of carbonyl (C=O) groups is 2. The van der Waals surface area contributed by atoms with E-state index in [9.17, 15) is 9.59 Å². The van der Waals surface area contributed by atoms with Crippen LogP contribution in [0.5, 0.6) is 0 Å². The monoisotopic (exact) mass is 230 g/mol. The number of hydrogen-bond acceptors (Lipinski definition) is 2. The first-order chi connectivity index (χ1) is 7.22. The van der Waals surface area contributed by atoms with Gasteiger partial charge in [0.1, 0.15) is 5.78 Å². The van der Waals surface area contributed by atoms with Gasteiger partial charge >= 0.3 is 5.97 Å². The maximum absolute atomic E-state index is 11.1. The predicted octanol–water partition coefficient (Wildman–Crippen LogP) is 3.52. The Kier molecular flexibility index (Phi) is 9.11. The zero-order chi connectivity index (χ0) is 13.4. The van der Waals surface area contributed by atoms with Gasteiger partial charge in [0.2, 0.25) is 0 Å². The summed E-state index contributed by atoms with van der Waals surface area (Å²) in [5.41, 5.74) is -0.0885. The summed E-state index contributed by atoms with van der Waals surface area (Å²) in [6.45, 7) is 11.5. The third-order valence-electron chi connectivity index (χ3n) is 2.99. The molecule has 0 saturated heterocycles. The molecule has 0 aromatic carbocycles. The lowest BCUT2D eigenvalue weighted by Gasteiger charge is -2.19. The van der Waals surface area contributed by atoms with Crippen molar-refractivity contribution in [3.05, 3.63) is 0 Å². The van der Waals surface area contributed by atoms with Crippen LogP contribution in [0.15, 0.2) is 0 Å². The van der Waals surface area contributed by atoms with Gasteiger partial charge in [0.15, 0.2) is 0 Å². The van der Waals surface area contributed by atoms with Crippen LogP contribution < -0.4 is 0 Å². The summed E-state index contributed by atoms with van der Waals surface area (Å²) in [5.74, 6) is -0.521. The summed E-state index contributed by atoms with van der Waals surface area (Å²) >= 11 is 0. The summed E-state index contributed by atoms with van der Waals surface area (Å²) in [5, 5.41) is 8.18. The molecule has 0 saturated carbocycles. The van der Waals surface area contributed by atoms with Crippen LogP contribution in [-0.2, 0) is 9.59 Å². The first-order valence-corrected chi connectivity index (χ1v) is 5.98. The van der Waals surface area contributed by atoms with Crippen molar-refractivity contribution in [1.29, 1.82) is 0 Å². The molecule has 0 aromatic rings. The molecular formula is C13H26O3. The minimum Gasteiger partial charge on any atom is -0.481 e. The second-order valence-corrected chi connectivity index (χ2v) is 4.66. The molecule has 0 spiro atoms. The molecular weight excluding hydrogens is 204 g/mol. The number of aliphatic carboxylic acids is 1. The highest BCUT2D eigenvalue weighted by molar-refractivity contribution is 5.83. The lowest BCUT2D eigenvalue weighted by Crippen LogP contribution is -2.21. The molecule has 0 fully saturated rings. The van der Waals surface area contributed by atoms with Crippen LogP contribution in [0.1, 0.15) is 60.8 Å². The second kappa shape index (κ2) is 8.31. The summed E-state index contributed by atoms with van der Waals surface area (Å²) in [7, 11) is 0. The average molecular weight is 230 g/mol. The van der Waals surface area contributed by atoms with Gasteiger partial charge in [-0.1, -0.05) is 41.5 Å². The van der Waals surface area contributed by atoms with Crippen molar-refractivity contribution in [3.8, 4) is 0 Å². The summed E-state index contributed by atoms with van der Waals surface area (Å²) in [4.78, 5) is 21.0. The number of ketones is 1. The zero-order valence-electron chi connectivity index (χ0n) is 11.5. The maximum Gasteiger partial charge on any atom is 0.306 e. The molecule has 0 aromatic heterocycles. The third-order valence-corrected chi connectivity index (χ3v) is 2.99. The number of carbonyl (C=O) groups excluding carboxylic acids is 1. The SMILES string of the molecule is CCC(=O)C(C)(C)CC.CCC(C)C(=O)O. The van der Waals surface area contributed by atoms with Gasteiger partial charge in [0, 0.05) is 11.8 Å². The Bertz CT molecular complexity index is 219. The van der Waals surface area contributed by atoms with Crippen molar-refractivity contribution in [2.75, 3.05) is 0 Å². The van der Waals surface area contributed by atoms with E-state index in [1.807, 2.05) is 34.6 Å². The number of hydrogen-bond donors (Lipinski definition) is 1. The van der Waals surface area contributed by atoms with Gasteiger partial charge in [-0.15, -0.1) is 0 Å². The van der Waals surface area contributed by atoms with E-state index in [-0.39, 0.29) is 11.3 Å². The molecule has 3 heteroatoms. The largest absolute Gasteiger partial charge is 0.481 e. The molecule has 0 bridgehead atoms. The molecule has 0 radical (unpaired) electrons. The number of carboxylic acid groups (broad SMARTS) is 1. The second-order valence-electron chi connectivity index (χ2n) is 4.66. The van der Waals surface area contributed by atoms with Crippen LogP contribution in [-0.4, -0.2) is 16.9 Å². The molecule has 0 rings (SSSR count). The van der Waals surface area contributed by atoms with Crippen LogP contribution in [0, 0.1) is 11.3 Å².